The van der Waals surface area contributed by atoms with Gasteiger partial charge in [-0.15, -0.1) is 0 Å². The van der Waals surface area contributed by atoms with Crippen molar-refractivity contribution in [1.29, 1.82) is 0 Å². The molecule has 0 amide bonds. The highest BCUT2D eigenvalue weighted by Crippen LogP contribution is 2.32. The number of H-pyrrole nitrogens is 1. The Hall–Kier alpha value is -3.20. The molecule has 0 spiro atoms. The number of nitrogens with one attached hydrogen (secondary N) is 1. The molecule has 1 N–H and O–H groups in total. The van der Waals surface area contributed by atoms with E-state index in [1.807, 2.05) is 0 Å². The lowest BCUT2D eigenvalue weighted by molar-refractivity contribution is 0.972. The Kier molecular flexibility index (Phi) is 4.61. The predicted molar refractivity (Wildman–Crippen MR) is 106 cm³/mol. The van der Waals surface area contributed by atoms with Gasteiger partial charge in [0, 0.05) is 6.42 Å². The van der Waals surface area contributed by atoms with Gasteiger partial charge in [-0.05, 0) is 39.8 Å². The van der Waals surface area contributed by atoms with Crippen LogP contribution in [0.1, 0.15) is 23.9 Å². The van der Waals surface area contributed by atoms with Crippen LogP contribution in [0, 0.1) is 0 Å². The Labute approximate surface area is 153 Å². The molecule has 0 aliphatic carbocycles. The third kappa shape index (κ3) is 3.42. The summed E-state index contributed by atoms with van der Waals surface area (Å²) in [6.45, 7) is 2.19. The van der Waals surface area contributed by atoms with Crippen molar-refractivity contribution in [1.82, 2.24) is 15.2 Å². The zero-order valence-corrected chi connectivity index (χ0v) is 14.8. The summed E-state index contributed by atoms with van der Waals surface area (Å²) in [4.78, 5) is 4.20. The lowest BCUT2D eigenvalue weighted by Crippen LogP contribution is -1.91. The minimum absolute atomic E-state index is 0.740. The van der Waals surface area contributed by atoms with Crippen LogP contribution >= 0.6 is 0 Å². The fourth-order valence-corrected chi connectivity index (χ4v) is 3.25. The smallest absolute Gasteiger partial charge is 0.154 e. The molecule has 0 unspecified atom stereocenters. The van der Waals surface area contributed by atoms with Gasteiger partial charge in [0.2, 0.25) is 0 Å². The Morgan fingerprint density at radius 1 is 0.769 bits per heavy atom. The van der Waals surface area contributed by atoms with Gasteiger partial charge in [0.15, 0.2) is 5.82 Å². The first-order chi connectivity index (χ1) is 12.8. The molecule has 1 aromatic heterocycles. The van der Waals surface area contributed by atoms with Crippen molar-refractivity contribution in [2.45, 2.75) is 19.8 Å². The van der Waals surface area contributed by atoms with Crippen molar-refractivity contribution in [2.24, 2.45) is 0 Å². The molecule has 0 aliphatic rings. The molecule has 3 nitrogen and oxygen atoms in total. The van der Waals surface area contributed by atoms with Gasteiger partial charge in [0.05, 0.1) is 0 Å². The zero-order valence-electron chi connectivity index (χ0n) is 14.8. The number of rotatable bonds is 5. The first-order valence-corrected chi connectivity index (χ1v) is 8.96. The summed E-state index contributed by atoms with van der Waals surface area (Å²) < 4.78 is 0. The molecule has 4 rings (SSSR count). The molecule has 3 aromatic carbocycles. The summed E-state index contributed by atoms with van der Waals surface area (Å²) >= 11 is 0. The van der Waals surface area contributed by atoms with E-state index >= 15 is 0 Å². The maximum atomic E-state index is 4.20. The molecule has 4 aromatic rings. The van der Waals surface area contributed by atoms with Crippen molar-refractivity contribution >= 4 is 0 Å². The topological polar surface area (TPSA) is 41.6 Å². The lowest BCUT2D eigenvalue weighted by Gasteiger charge is -2.12. The van der Waals surface area contributed by atoms with E-state index in [9.17, 15) is 0 Å². The van der Waals surface area contributed by atoms with Crippen LogP contribution in [0.25, 0.3) is 22.3 Å². The molecule has 128 valence electrons. The second-order valence-electron chi connectivity index (χ2n) is 6.39. The Morgan fingerprint density at radius 2 is 1.54 bits per heavy atom. The number of nitrogens with zero attached hydrogens (tertiary/aromatic N) is 2. The van der Waals surface area contributed by atoms with Crippen LogP contribution in [0.3, 0.4) is 0 Å². The van der Waals surface area contributed by atoms with Crippen molar-refractivity contribution in [3.05, 3.63) is 96.1 Å². The van der Waals surface area contributed by atoms with E-state index in [-0.39, 0.29) is 0 Å². The van der Waals surface area contributed by atoms with Crippen molar-refractivity contribution in [3.8, 4) is 22.3 Å². The van der Waals surface area contributed by atoms with E-state index in [4.69, 9.17) is 0 Å². The monoisotopic (exact) mass is 339 g/mol. The van der Waals surface area contributed by atoms with Crippen LogP contribution in [0.4, 0.5) is 0 Å². The third-order valence-corrected chi connectivity index (χ3v) is 4.67. The summed E-state index contributed by atoms with van der Waals surface area (Å²) in [5.74, 6) is 0.814. The minimum Gasteiger partial charge on any atom is -0.266 e. The van der Waals surface area contributed by atoms with E-state index in [1.165, 1.54) is 33.4 Å². The first kappa shape index (κ1) is 16.3. The van der Waals surface area contributed by atoms with Crippen LogP contribution in [0.15, 0.2) is 79.1 Å². The normalized spacial score (nSPS) is 10.8. The third-order valence-electron chi connectivity index (χ3n) is 4.67. The molecule has 3 heteroatoms. The summed E-state index contributed by atoms with van der Waals surface area (Å²) in [7, 11) is 0. The van der Waals surface area contributed by atoms with E-state index in [1.54, 1.807) is 6.33 Å². The van der Waals surface area contributed by atoms with Gasteiger partial charge < -0.3 is 0 Å². The van der Waals surface area contributed by atoms with E-state index in [0.717, 1.165) is 18.7 Å². The lowest BCUT2D eigenvalue weighted by atomic mass is 9.93. The standard InChI is InChI=1S/C23H21N3/c1-2-17-6-5-7-20(14-17)22-9-4-3-8-21(22)19-12-10-18(11-13-19)15-23-24-16-25-26-23/h3-14,16H,2,15H2,1H3,(H,24,25,26). The number of hydrogen-bond acceptors (Lipinski definition) is 2. The highest BCUT2D eigenvalue weighted by atomic mass is 15.2. The maximum Gasteiger partial charge on any atom is 0.154 e. The second kappa shape index (κ2) is 7.36. The number of aromatic amines is 1. The summed E-state index contributed by atoms with van der Waals surface area (Å²) in [6, 6.07) is 26.1. The summed E-state index contributed by atoms with van der Waals surface area (Å²) in [6.07, 6.45) is 3.40. The van der Waals surface area contributed by atoms with Crippen LogP contribution in [-0.2, 0) is 12.8 Å². The maximum absolute atomic E-state index is 4.20. The Bertz CT molecular complexity index is 986. The fourth-order valence-electron chi connectivity index (χ4n) is 3.25. The average molecular weight is 339 g/mol. The van der Waals surface area contributed by atoms with Gasteiger partial charge in [0.25, 0.3) is 0 Å². The van der Waals surface area contributed by atoms with Crippen molar-refractivity contribution in [3.63, 3.8) is 0 Å². The van der Waals surface area contributed by atoms with Crippen molar-refractivity contribution < 1.29 is 0 Å². The van der Waals surface area contributed by atoms with Gasteiger partial charge in [-0.2, -0.15) is 5.10 Å². The Balaban J connectivity index is 1.67. The highest BCUT2D eigenvalue weighted by molar-refractivity contribution is 5.83. The molecule has 26 heavy (non-hydrogen) atoms. The number of hydrogen-bond donors (Lipinski definition) is 1. The summed E-state index contributed by atoms with van der Waals surface area (Å²) in [5, 5.41) is 6.89. The van der Waals surface area contributed by atoms with Crippen LogP contribution in [-0.4, -0.2) is 15.2 Å². The first-order valence-electron chi connectivity index (χ1n) is 8.96. The number of aromatic nitrogens is 3. The SMILES string of the molecule is CCc1cccc(-c2ccccc2-c2ccc(Cc3nc[nH]n3)cc2)c1. The fraction of sp³-hybridized carbons (Fsp3) is 0.130. The molecule has 0 fully saturated rings. The van der Waals surface area contributed by atoms with Crippen molar-refractivity contribution in [2.75, 3.05) is 0 Å². The predicted octanol–water partition coefficient (Wildman–Crippen LogP) is 5.29. The minimum atomic E-state index is 0.740. The summed E-state index contributed by atoms with van der Waals surface area (Å²) in [5.41, 5.74) is 7.58. The Morgan fingerprint density at radius 3 is 2.23 bits per heavy atom. The largest absolute Gasteiger partial charge is 0.266 e. The van der Waals surface area contributed by atoms with Crippen LogP contribution < -0.4 is 0 Å². The van der Waals surface area contributed by atoms with Crippen LogP contribution in [0.2, 0.25) is 0 Å². The van der Waals surface area contributed by atoms with E-state index in [0.29, 0.717) is 0 Å². The highest BCUT2D eigenvalue weighted by Gasteiger charge is 2.08. The molecule has 0 saturated carbocycles. The number of benzene rings is 3. The van der Waals surface area contributed by atoms with Gasteiger partial charge in [0.1, 0.15) is 6.33 Å². The van der Waals surface area contributed by atoms with Gasteiger partial charge in [-0.25, -0.2) is 4.98 Å². The van der Waals surface area contributed by atoms with Gasteiger partial charge >= 0.3 is 0 Å². The van der Waals surface area contributed by atoms with Gasteiger partial charge in [-0.3, -0.25) is 5.10 Å². The second-order valence-corrected chi connectivity index (χ2v) is 6.39. The molecule has 0 saturated heterocycles. The zero-order chi connectivity index (χ0) is 17.8. The molecule has 0 aliphatic heterocycles. The molecular weight excluding hydrogens is 318 g/mol. The quantitative estimate of drug-likeness (QED) is 0.536. The molecule has 1 heterocycles. The molecular formula is C23H21N3. The number of aryl methyl sites for hydroxylation is 1. The van der Waals surface area contributed by atoms with E-state index in [2.05, 4.69) is 94.9 Å². The average Bonchev–Trinajstić information content (AvgIpc) is 3.22. The molecule has 0 atom stereocenters. The van der Waals surface area contributed by atoms with Gasteiger partial charge in [-0.1, -0.05) is 79.7 Å². The van der Waals surface area contributed by atoms with Crippen LogP contribution in [0.5, 0.6) is 0 Å². The molecule has 0 bridgehead atoms. The van der Waals surface area contributed by atoms with E-state index < -0.39 is 0 Å². The molecule has 0 radical (unpaired) electrons.